The van der Waals surface area contributed by atoms with Gasteiger partial charge >= 0.3 is 0 Å². The monoisotopic (exact) mass is 377 g/mol. The van der Waals surface area contributed by atoms with Gasteiger partial charge in [0.1, 0.15) is 12.4 Å². The number of halogens is 2. The molecule has 0 aliphatic heterocycles. The molecular weight excluding hydrogens is 361 g/mol. The number of hydrogen-bond acceptors (Lipinski definition) is 5. The summed E-state index contributed by atoms with van der Waals surface area (Å²) in [7, 11) is 3.99. The van der Waals surface area contributed by atoms with E-state index in [0.717, 1.165) is 17.7 Å². The summed E-state index contributed by atoms with van der Waals surface area (Å²) in [6.45, 7) is 1.38. The number of ether oxygens (including phenoxy) is 1. The van der Waals surface area contributed by atoms with Crippen LogP contribution in [0.4, 0.5) is 0 Å². The zero-order valence-electron chi connectivity index (χ0n) is 13.9. The van der Waals surface area contributed by atoms with Gasteiger partial charge in [-0.25, -0.2) is 0 Å². The predicted molar refractivity (Wildman–Crippen MR) is 99.2 cm³/mol. The van der Waals surface area contributed by atoms with Crippen LogP contribution in [-0.2, 0) is 0 Å². The van der Waals surface area contributed by atoms with Crippen molar-refractivity contribution in [3.63, 3.8) is 0 Å². The second-order valence-electron chi connectivity index (χ2n) is 5.70. The Hall–Kier alpha value is -2.08. The summed E-state index contributed by atoms with van der Waals surface area (Å²) in [6, 6.07) is 12.8. The molecule has 0 unspecified atom stereocenters. The van der Waals surface area contributed by atoms with E-state index in [9.17, 15) is 0 Å². The van der Waals surface area contributed by atoms with E-state index < -0.39 is 0 Å². The molecule has 0 amide bonds. The Morgan fingerprint density at radius 3 is 2.64 bits per heavy atom. The second-order valence-corrected chi connectivity index (χ2v) is 6.51. The molecule has 0 bridgehead atoms. The first-order valence-electron chi connectivity index (χ1n) is 7.70. The number of likely N-dealkylation sites (N-methyl/N-ethyl adjacent to an activating group) is 1. The van der Waals surface area contributed by atoms with Crippen molar-refractivity contribution in [1.82, 2.24) is 15.0 Å². The van der Waals surface area contributed by atoms with Crippen molar-refractivity contribution in [1.29, 1.82) is 0 Å². The highest BCUT2D eigenvalue weighted by atomic mass is 35.5. The van der Waals surface area contributed by atoms with Crippen molar-refractivity contribution < 1.29 is 9.26 Å². The van der Waals surface area contributed by atoms with Crippen molar-refractivity contribution in [3.8, 4) is 28.6 Å². The minimum absolute atomic E-state index is 0.390. The van der Waals surface area contributed by atoms with E-state index in [2.05, 4.69) is 15.0 Å². The lowest BCUT2D eigenvalue weighted by Gasteiger charge is -2.12. The fourth-order valence-electron chi connectivity index (χ4n) is 2.19. The molecule has 0 fully saturated rings. The van der Waals surface area contributed by atoms with E-state index in [1.165, 1.54) is 0 Å². The lowest BCUT2D eigenvalue weighted by Crippen LogP contribution is -2.19. The first-order valence-corrected chi connectivity index (χ1v) is 8.46. The van der Waals surface area contributed by atoms with Crippen molar-refractivity contribution in [2.45, 2.75) is 0 Å². The zero-order valence-corrected chi connectivity index (χ0v) is 15.4. The van der Waals surface area contributed by atoms with Crippen LogP contribution >= 0.6 is 23.2 Å². The van der Waals surface area contributed by atoms with Crippen LogP contribution in [0.3, 0.4) is 0 Å². The molecule has 0 aliphatic carbocycles. The van der Waals surface area contributed by atoms with Crippen molar-refractivity contribution in [3.05, 3.63) is 52.5 Å². The Kier molecular flexibility index (Phi) is 5.58. The number of para-hydroxylation sites is 1. The van der Waals surface area contributed by atoms with Crippen LogP contribution in [0.2, 0.25) is 10.0 Å². The summed E-state index contributed by atoms with van der Waals surface area (Å²) in [5.41, 5.74) is 1.48. The number of aromatic nitrogens is 2. The van der Waals surface area contributed by atoms with Crippen LogP contribution in [0.1, 0.15) is 0 Å². The van der Waals surface area contributed by atoms with Gasteiger partial charge in [-0.15, -0.1) is 0 Å². The average Bonchev–Trinajstić information content (AvgIpc) is 3.07. The second kappa shape index (κ2) is 7.87. The molecule has 0 spiro atoms. The Bertz CT molecular complexity index is 865. The van der Waals surface area contributed by atoms with Crippen LogP contribution in [0, 0.1) is 0 Å². The molecule has 7 heteroatoms. The minimum atomic E-state index is 0.390. The Morgan fingerprint density at radius 1 is 1.08 bits per heavy atom. The highest BCUT2D eigenvalue weighted by molar-refractivity contribution is 6.42. The van der Waals surface area contributed by atoms with Gasteiger partial charge in [0.25, 0.3) is 5.89 Å². The fraction of sp³-hybridized carbons (Fsp3) is 0.222. The van der Waals surface area contributed by atoms with Gasteiger partial charge in [0.15, 0.2) is 0 Å². The summed E-state index contributed by atoms with van der Waals surface area (Å²) >= 11 is 12.0. The SMILES string of the molecule is CN(C)CCOc1ccccc1-c1nc(-c2ccc(Cl)c(Cl)c2)no1. The summed E-state index contributed by atoms with van der Waals surface area (Å²) < 4.78 is 11.3. The normalized spacial score (nSPS) is 11.1. The topological polar surface area (TPSA) is 51.4 Å². The Morgan fingerprint density at radius 2 is 1.88 bits per heavy atom. The van der Waals surface area contributed by atoms with Gasteiger partial charge in [0.05, 0.1) is 15.6 Å². The molecule has 0 saturated heterocycles. The van der Waals surface area contributed by atoms with Crippen LogP contribution < -0.4 is 4.74 Å². The fourth-order valence-corrected chi connectivity index (χ4v) is 2.49. The number of hydrogen-bond donors (Lipinski definition) is 0. The summed E-state index contributed by atoms with van der Waals surface area (Å²) in [5.74, 6) is 1.53. The van der Waals surface area contributed by atoms with Crippen molar-refractivity contribution in [2.75, 3.05) is 27.2 Å². The predicted octanol–water partition coefficient (Wildman–Crippen LogP) is 4.65. The van der Waals surface area contributed by atoms with Gasteiger partial charge in [0, 0.05) is 12.1 Å². The van der Waals surface area contributed by atoms with Gasteiger partial charge in [-0.3, -0.25) is 0 Å². The molecule has 1 heterocycles. The highest BCUT2D eigenvalue weighted by Gasteiger charge is 2.15. The maximum Gasteiger partial charge on any atom is 0.262 e. The molecule has 1 aromatic heterocycles. The van der Waals surface area contributed by atoms with Gasteiger partial charge in [-0.05, 0) is 44.4 Å². The van der Waals surface area contributed by atoms with Crippen LogP contribution in [0.5, 0.6) is 5.75 Å². The number of rotatable bonds is 6. The molecule has 3 rings (SSSR count). The molecule has 0 atom stereocenters. The third-order valence-corrected chi connectivity index (χ3v) is 4.26. The molecule has 2 aromatic carbocycles. The van der Waals surface area contributed by atoms with Crippen molar-refractivity contribution >= 4 is 23.2 Å². The van der Waals surface area contributed by atoms with Crippen LogP contribution in [0.25, 0.3) is 22.8 Å². The summed E-state index contributed by atoms with van der Waals surface area (Å²) in [6.07, 6.45) is 0. The molecule has 0 saturated carbocycles. The standard InChI is InChI=1S/C18H17Cl2N3O2/c1-23(2)9-10-24-16-6-4-3-5-13(16)18-21-17(22-25-18)12-7-8-14(19)15(20)11-12/h3-8,11H,9-10H2,1-2H3. The third kappa shape index (κ3) is 4.31. The van der Waals surface area contributed by atoms with Gasteiger partial charge in [0.2, 0.25) is 5.82 Å². The molecule has 0 radical (unpaired) electrons. The molecule has 130 valence electrons. The van der Waals surface area contributed by atoms with Crippen LogP contribution in [0.15, 0.2) is 47.0 Å². The van der Waals surface area contributed by atoms with E-state index in [4.69, 9.17) is 32.5 Å². The van der Waals surface area contributed by atoms with Crippen LogP contribution in [-0.4, -0.2) is 42.3 Å². The van der Waals surface area contributed by atoms with E-state index in [1.54, 1.807) is 18.2 Å². The van der Waals surface area contributed by atoms with E-state index in [0.29, 0.717) is 34.1 Å². The minimum Gasteiger partial charge on any atom is -0.491 e. The maximum atomic E-state index is 6.05. The molecule has 0 N–H and O–H groups in total. The first kappa shape index (κ1) is 17.7. The maximum absolute atomic E-state index is 6.05. The largest absolute Gasteiger partial charge is 0.491 e. The van der Waals surface area contributed by atoms with E-state index >= 15 is 0 Å². The molecule has 5 nitrogen and oxygen atoms in total. The molecule has 0 aliphatic rings. The Balaban J connectivity index is 1.86. The number of nitrogens with zero attached hydrogens (tertiary/aromatic N) is 3. The zero-order chi connectivity index (χ0) is 17.8. The van der Waals surface area contributed by atoms with E-state index in [1.807, 2.05) is 38.4 Å². The quantitative estimate of drug-likeness (QED) is 0.625. The Labute approximate surface area is 156 Å². The molecule has 25 heavy (non-hydrogen) atoms. The van der Waals surface area contributed by atoms with Gasteiger partial charge in [-0.2, -0.15) is 4.98 Å². The lowest BCUT2D eigenvalue weighted by atomic mass is 10.2. The smallest absolute Gasteiger partial charge is 0.262 e. The average molecular weight is 378 g/mol. The molecular formula is C18H17Cl2N3O2. The summed E-state index contributed by atoms with van der Waals surface area (Å²) in [4.78, 5) is 6.51. The highest BCUT2D eigenvalue weighted by Crippen LogP contribution is 2.31. The van der Waals surface area contributed by atoms with Crippen molar-refractivity contribution in [2.24, 2.45) is 0 Å². The number of benzene rings is 2. The summed E-state index contributed by atoms with van der Waals surface area (Å²) in [5, 5.41) is 4.95. The lowest BCUT2D eigenvalue weighted by molar-refractivity contribution is 0.261. The third-order valence-electron chi connectivity index (χ3n) is 3.52. The van der Waals surface area contributed by atoms with Gasteiger partial charge in [-0.1, -0.05) is 40.5 Å². The van der Waals surface area contributed by atoms with E-state index in [-0.39, 0.29) is 0 Å². The van der Waals surface area contributed by atoms with Gasteiger partial charge < -0.3 is 14.2 Å². The molecule has 3 aromatic rings. The first-order chi connectivity index (χ1) is 12.0.